The van der Waals surface area contributed by atoms with Crippen LogP contribution in [0.4, 0.5) is 0 Å². The van der Waals surface area contributed by atoms with Crippen LogP contribution in [0.1, 0.15) is 31.7 Å². The van der Waals surface area contributed by atoms with Crippen LogP contribution in [0.3, 0.4) is 0 Å². The van der Waals surface area contributed by atoms with Gasteiger partial charge in [0.15, 0.2) is 4.34 Å². The Morgan fingerprint density at radius 1 is 1.21 bits per heavy atom. The van der Waals surface area contributed by atoms with Crippen LogP contribution < -0.4 is 10.2 Å². The monoisotopic (exact) mass is 413 g/mol. The summed E-state index contributed by atoms with van der Waals surface area (Å²) in [5, 5.41) is 4.07. The second kappa shape index (κ2) is 10.8. The molecule has 0 saturated heterocycles. The lowest BCUT2D eigenvalue weighted by Crippen LogP contribution is -2.19. The molecule has 0 radical (unpaired) electrons. The second-order valence-corrected chi connectivity index (χ2v) is 8.38. The quantitative estimate of drug-likeness (QED) is 0.217. The lowest BCUT2D eigenvalue weighted by molar-refractivity contribution is -0.118. The zero-order valence-electron chi connectivity index (χ0n) is 15.8. The molecule has 0 bridgehead atoms. The molecule has 7 heteroatoms. The molecule has 0 aliphatic carbocycles. The number of benzene rings is 2. The van der Waals surface area contributed by atoms with Crippen molar-refractivity contribution in [1.82, 2.24) is 10.4 Å². The van der Waals surface area contributed by atoms with E-state index in [1.54, 1.807) is 17.6 Å². The number of thiazole rings is 1. The van der Waals surface area contributed by atoms with E-state index in [9.17, 15) is 4.79 Å². The summed E-state index contributed by atoms with van der Waals surface area (Å²) in [6.07, 6.45) is 4.96. The molecule has 28 heavy (non-hydrogen) atoms. The predicted octanol–water partition coefficient (Wildman–Crippen LogP) is 5.11. The number of thioether (sulfide) groups is 1. The van der Waals surface area contributed by atoms with Gasteiger partial charge in [0.1, 0.15) is 5.75 Å². The van der Waals surface area contributed by atoms with Crippen molar-refractivity contribution in [3.05, 3.63) is 54.1 Å². The zero-order chi connectivity index (χ0) is 19.6. The highest BCUT2D eigenvalue weighted by Gasteiger charge is 2.07. The summed E-state index contributed by atoms with van der Waals surface area (Å²) in [7, 11) is 0. The van der Waals surface area contributed by atoms with Gasteiger partial charge in [-0.3, -0.25) is 4.79 Å². The van der Waals surface area contributed by atoms with Gasteiger partial charge in [-0.15, -0.1) is 11.3 Å². The Morgan fingerprint density at radius 3 is 2.89 bits per heavy atom. The number of amides is 1. The number of nitrogens with zero attached hydrogens (tertiary/aromatic N) is 2. The predicted molar refractivity (Wildman–Crippen MR) is 118 cm³/mol. The number of fused-ring (bicyclic) bond motifs is 1. The Balaban J connectivity index is 1.48. The third kappa shape index (κ3) is 6.07. The highest BCUT2D eigenvalue weighted by molar-refractivity contribution is 8.01. The van der Waals surface area contributed by atoms with Crippen LogP contribution in [0.5, 0.6) is 5.75 Å². The van der Waals surface area contributed by atoms with Crippen LogP contribution >= 0.6 is 23.1 Å². The Hall–Kier alpha value is -2.38. The van der Waals surface area contributed by atoms with Crippen molar-refractivity contribution < 1.29 is 9.53 Å². The fourth-order valence-corrected chi connectivity index (χ4v) is 4.36. The molecule has 0 atom stereocenters. The third-order valence-corrected chi connectivity index (χ3v) is 6.10. The van der Waals surface area contributed by atoms with E-state index < -0.39 is 0 Å². The summed E-state index contributed by atoms with van der Waals surface area (Å²) in [5.41, 5.74) is 4.38. The minimum Gasteiger partial charge on any atom is -0.493 e. The molecule has 2 aromatic carbocycles. The van der Waals surface area contributed by atoms with Gasteiger partial charge in [0.25, 0.3) is 5.91 Å². The molecule has 1 N–H and O–H groups in total. The molecule has 0 aliphatic heterocycles. The van der Waals surface area contributed by atoms with E-state index >= 15 is 0 Å². The molecular formula is C21H23N3O2S2. The molecule has 0 fully saturated rings. The standard InChI is InChI=1S/C21H23N3O2S2/c1-2-3-8-13-26-18-11-6-4-9-16(18)14-22-24-20(25)15-27-21-23-17-10-5-7-12-19(17)28-21/h4-7,9-12,14H,2-3,8,13,15H2,1H3,(H,24,25)/b22-14+. The third-order valence-electron chi connectivity index (χ3n) is 3.92. The number of aromatic nitrogens is 1. The van der Waals surface area contributed by atoms with Gasteiger partial charge in [-0.1, -0.05) is 55.8 Å². The smallest absolute Gasteiger partial charge is 0.250 e. The summed E-state index contributed by atoms with van der Waals surface area (Å²) in [5.74, 6) is 0.883. The number of ether oxygens (including phenoxy) is 1. The van der Waals surface area contributed by atoms with Crippen molar-refractivity contribution in [2.24, 2.45) is 5.10 Å². The van der Waals surface area contributed by atoms with Crippen molar-refractivity contribution in [2.75, 3.05) is 12.4 Å². The Bertz CT molecular complexity index is 907. The van der Waals surface area contributed by atoms with Crippen LogP contribution in [0.25, 0.3) is 10.2 Å². The first-order chi connectivity index (χ1) is 13.8. The van der Waals surface area contributed by atoms with Crippen LogP contribution in [-0.2, 0) is 4.79 Å². The van der Waals surface area contributed by atoms with Crippen molar-refractivity contribution in [3.8, 4) is 5.75 Å². The van der Waals surface area contributed by atoms with Crippen molar-refractivity contribution >= 4 is 45.4 Å². The summed E-state index contributed by atoms with van der Waals surface area (Å²) >= 11 is 3.01. The molecule has 146 valence electrons. The van der Waals surface area contributed by atoms with E-state index in [1.165, 1.54) is 11.8 Å². The Kier molecular flexibility index (Phi) is 7.87. The molecule has 3 aromatic rings. The lowest BCUT2D eigenvalue weighted by Gasteiger charge is -2.08. The Morgan fingerprint density at radius 2 is 2.04 bits per heavy atom. The van der Waals surface area contributed by atoms with Gasteiger partial charge >= 0.3 is 0 Å². The SMILES string of the molecule is CCCCCOc1ccccc1/C=N/NC(=O)CSc1nc2ccccc2s1. The average molecular weight is 414 g/mol. The Labute approximate surface area is 173 Å². The van der Waals surface area contributed by atoms with Gasteiger partial charge in [-0.25, -0.2) is 10.4 Å². The van der Waals surface area contributed by atoms with E-state index in [2.05, 4.69) is 22.4 Å². The number of para-hydroxylation sites is 2. The summed E-state index contributed by atoms with van der Waals surface area (Å²) in [6.45, 7) is 2.85. The minimum absolute atomic E-state index is 0.165. The number of nitrogens with one attached hydrogen (secondary N) is 1. The molecule has 1 aromatic heterocycles. The fraction of sp³-hybridized carbons (Fsp3) is 0.286. The number of hydrogen-bond donors (Lipinski definition) is 1. The van der Waals surface area contributed by atoms with Crippen molar-refractivity contribution in [3.63, 3.8) is 0 Å². The topological polar surface area (TPSA) is 63.6 Å². The molecule has 5 nitrogen and oxygen atoms in total. The number of carbonyl (C=O) groups excluding carboxylic acids is 1. The normalized spacial score (nSPS) is 11.2. The largest absolute Gasteiger partial charge is 0.493 e. The number of carbonyl (C=O) groups is 1. The van der Waals surface area contributed by atoms with Gasteiger partial charge in [-0.05, 0) is 30.7 Å². The van der Waals surface area contributed by atoms with Crippen molar-refractivity contribution in [1.29, 1.82) is 0 Å². The minimum atomic E-state index is -0.165. The fourth-order valence-electron chi connectivity index (χ4n) is 2.50. The van der Waals surface area contributed by atoms with Crippen LogP contribution in [0.15, 0.2) is 58.0 Å². The van der Waals surface area contributed by atoms with Gasteiger partial charge < -0.3 is 4.74 Å². The highest BCUT2D eigenvalue weighted by Crippen LogP contribution is 2.29. The first kappa shape index (κ1) is 20.4. The molecule has 0 saturated carbocycles. The first-order valence-corrected chi connectivity index (χ1v) is 11.1. The second-order valence-electron chi connectivity index (χ2n) is 6.12. The molecule has 0 spiro atoms. The maximum absolute atomic E-state index is 12.1. The van der Waals surface area contributed by atoms with E-state index in [4.69, 9.17) is 4.74 Å². The van der Waals surface area contributed by atoms with Gasteiger partial charge in [-0.2, -0.15) is 5.10 Å². The molecule has 3 rings (SSSR count). The number of unbranched alkanes of at least 4 members (excludes halogenated alkanes) is 2. The first-order valence-electron chi connectivity index (χ1n) is 9.28. The number of hydrogen-bond acceptors (Lipinski definition) is 6. The zero-order valence-corrected chi connectivity index (χ0v) is 17.4. The molecular weight excluding hydrogens is 390 g/mol. The molecule has 1 heterocycles. The van der Waals surface area contributed by atoms with Crippen molar-refractivity contribution in [2.45, 2.75) is 30.5 Å². The van der Waals surface area contributed by atoms with Crippen LogP contribution in [0, 0.1) is 0 Å². The van der Waals surface area contributed by atoms with Crippen LogP contribution in [-0.4, -0.2) is 29.5 Å². The van der Waals surface area contributed by atoms with E-state index in [-0.39, 0.29) is 11.7 Å². The molecule has 1 amide bonds. The number of rotatable bonds is 10. The van der Waals surface area contributed by atoms with Gasteiger partial charge in [0.05, 0.1) is 28.8 Å². The summed E-state index contributed by atoms with van der Waals surface area (Å²) < 4.78 is 7.82. The summed E-state index contributed by atoms with van der Waals surface area (Å²) in [4.78, 5) is 16.6. The average Bonchev–Trinajstić information content (AvgIpc) is 3.14. The lowest BCUT2D eigenvalue weighted by atomic mass is 10.2. The van der Waals surface area contributed by atoms with Gasteiger partial charge in [0, 0.05) is 5.56 Å². The summed E-state index contributed by atoms with van der Waals surface area (Å²) in [6, 6.07) is 15.6. The maximum Gasteiger partial charge on any atom is 0.250 e. The van der Waals surface area contributed by atoms with E-state index in [0.717, 1.165) is 45.1 Å². The van der Waals surface area contributed by atoms with Crippen LogP contribution in [0.2, 0.25) is 0 Å². The van der Waals surface area contributed by atoms with E-state index in [0.29, 0.717) is 6.61 Å². The van der Waals surface area contributed by atoms with E-state index in [1.807, 2.05) is 48.5 Å². The molecule has 0 aliphatic rings. The molecule has 0 unspecified atom stereocenters. The highest BCUT2D eigenvalue weighted by atomic mass is 32.2. The number of hydrazone groups is 1. The van der Waals surface area contributed by atoms with Gasteiger partial charge in [0.2, 0.25) is 0 Å². The maximum atomic E-state index is 12.1.